The van der Waals surface area contributed by atoms with Crippen LogP contribution in [0, 0.1) is 11.8 Å². The topological polar surface area (TPSA) is 66.8 Å². The maximum Gasteiger partial charge on any atom is 0.335 e. The number of ether oxygens (including phenoxy) is 1. The highest BCUT2D eigenvalue weighted by molar-refractivity contribution is 5.74. The van der Waals surface area contributed by atoms with Crippen LogP contribution in [0.1, 0.15) is 64.7 Å². The molecule has 1 aliphatic heterocycles. The van der Waals surface area contributed by atoms with Gasteiger partial charge in [-0.25, -0.2) is 4.79 Å². The van der Waals surface area contributed by atoms with Crippen molar-refractivity contribution in [3.63, 3.8) is 0 Å². The third-order valence-electron chi connectivity index (χ3n) is 5.19. The van der Waals surface area contributed by atoms with Crippen LogP contribution in [0.4, 0.5) is 0 Å². The lowest BCUT2D eigenvalue weighted by atomic mass is 9.89. The zero-order valence-corrected chi connectivity index (χ0v) is 14.8. The molecule has 2 aliphatic rings. The van der Waals surface area contributed by atoms with Gasteiger partial charge in [0.2, 0.25) is 0 Å². The predicted molar refractivity (Wildman–Crippen MR) is 94.4 cm³/mol. The van der Waals surface area contributed by atoms with Crippen molar-refractivity contribution in [1.29, 1.82) is 0 Å². The van der Waals surface area contributed by atoms with E-state index in [1.807, 2.05) is 6.08 Å². The molecule has 0 aromatic rings. The van der Waals surface area contributed by atoms with Crippen molar-refractivity contribution in [2.75, 3.05) is 0 Å². The summed E-state index contributed by atoms with van der Waals surface area (Å²) in [4.78, 5) is 12.0. The van der Waals surface area contributed by atoms with Crippen LogP contribution in [0.3, 0.4) is 0 Å². The fourth-order valence-corrected chi connectivity index (χ4v) is 3.73. The van der Waals surface area contributed by atoms with E-state index in [9.17, 15) is 15.0 Å². The third kappa shape index (κ3) is 5.45. The highest BCUT2D eigenvalue weighted by Crippen LogP contribution is 2.38. The lowest BCUT2D eigenvalue weighted by Crippen LogP contribution is -2.31. The van der Waals surface area contributed by atoms with Crippen molar-refractivity contribution in [3.8, 4) is 0 Å². The molecule has 0 amide bonds. The van der Waals surface area contributed by atoms with Crippen LogP contribution in [0.2, 0.25) is 0 Å². The molecule has 5 atom stereocenters. The number of aliphatic hydroxyl groups is 2. The minimum absolute atomic E-state index is 0.0233. The fraction of sp³-hybridized carbons (Fsp3) is 0.750. The highest BCUT2D eigenvalue weighted by Gasteiger charge is 2.43. The van der Waals surface area contributed by atoms with Crippen LogP contribution in [-0.2, 0) is 9.53 Å². The van der Waals surface area contributed by atoms with E-state index >= 15 is 0 Å². The molecule has 2 N–H and O–H groups in total. The molecule has 1 aliphatic carbocycles. The summed E-state index contributed by atoms with van der Waals surface area (Å²) in [6.07, 6.45) is 14.9. The number of allylic oxidation sites excluding steroid dienone is 3. The first-order chi connectivity index (χ1) is 11.6. The monoisotopic (exact) mass is 336 g/mol. The number of unbranched alkanes of at least 4 members (excludes halogenated alkanes) is 4. The quantitative estimate of drug-likeness (QED) is 0.442. The van der Waals surface area contributed by atoms with Crippen molar-refractivity contribution >= 4 is 5.97 Å². The summed E-state index contributed by atoms with van der Waals surface area (Å²) in [5, 5.41) is 20.2. The van der Waals surface area contributed by atoms with E-state index in [1.165, 1.54) is 25.7 Å². The molecule has 1 fully saturated rings. The number of hydrogen-bond acceptors (Lipinski definition) is 4. The Hall–Kier alpha value is -1.13. The Morgan fingerprint density at radius 3 is 2.88 bits per heavy atom. The molecule has 0 saturated heterocycles. The number of rotatable bonds is 6. The Morgan fingerprint density at radius 2 is 2.08 bits per heavy atom. The van der Waals surface area contributed by atoms with Crippen molar-refractivity contribution in [1.82, 2.24) is 0 Å². The Labute approximate surface area is 145 Å². The second-order valence-electron chi connectivity index (χ2n) is 7.10. The number of fused-ring (bicyclic) bond motifs is 1. The van der Waals surface area contributed by atoms with Gasteiger partial charge in [-0.2, -0.15) is 0 Å². The Balaban J connectivity index is 1.97. The molecule has 0 bridgehead atoms. The van der Waals surface area contributed by atoms with Gasteiger partial charge in [-0.15, -0.1) is 0 Å². The molecule has 4 heteroatoms. The maximum atomic E-state index is 12.0. The van der Waals surface area contributed by atoms with Crippen molar-refractivity contribution < 1.29 is 19.7 Å². The van der Waals surface area contributed by atoms with Gasteiger partial charge in [-0.1, -0.05) is 50.5 Å². The first-order valence-corrected chi connectivity index (χ1v) is 9.51. The molecule has 0 radical (unpaired) electrons. The molecule has 1 heterocycles. The summed E-state index contributed by atoms with van der Waals surface area (Å²) in [5.74, 6) is -0.427. The zero-order valence-electron chi connectivity index (χ0n) is 14.8. The van der Waals surface area contributed by atoms with E-state index in [0.717, 1.165) is 12.8 Å². The number of esters is 1. The molecule has 2 rings (SSSR count). The predicted octanol–water partition coefficient (Wildman–Crippen LogP) is 3.52. The van der Waals surface area contributed by atoms with Crippen LogP contribution >= 0.6 is 0 Å². The first-order valence-electron chi connectivity index (χ1n) is 9.51. The van der Waals surface area contributed by atoms with Gasteiger partial charge in [0.25, 0.3) is 0 Å². The number of carbonyl (C=O) groups is 1. The van der Waals surface area contributed by atoms with Gasteiger partial charge in [0.15, 0.2) is 6.10 Å². The van der Waals surface area contributed by atoms with Crippen LogP contribution in [0.5, 0.6) is 0 Å². The molecular formula is C20H32O4. The molecule has 0 spiro atoms. The summed E-state index contributed by atoms with van der Waals surface area (Å²) in [6.45, 7) is 2.20. The number of hydrogen-bond donors (Lipinski definition) is 2. The molecule has 0 aromatic carbocycles. The van der Waals surface area contributed by atoms with E-state index in [2.05, 4.69) is 25.2 Å². The summed E-state index contributed by atoms with van der Waals surface area (Å²) in [6, 6.07) is 0. The van der Waals surface area contributed by atoms with E-state index < -0.39 is 18.2 Å². The van der Waals surface area contributed by atoms with Crippen LogP contribution < -0.4 is 0 Å². The average molecular weight is 336 g/mol. The van der Waals surface area contributed by atoms with Gasteiger partial charge in [0.05, 0.1) is 6.10 Å². The van der Waals surface area contributed by atoms with Crippen LogP contribution in [0.25, 0.3) is 0 Å². The molecule has 24 heavy (non-hydrogen) atoms. The van der Waals surface area contributed by atoms with Crippen molar-refractivity contribution in [3.05, 3.63) is 24.3 Å². The number of carbonyl (C=O) groups excluding carboxylic acids is 1. The summed E-state index contributed by atoms with van der Waals surface area (Å²) in [5.41, 5.74) is 0. The van der Waals surface area contributed by atoms with Gasteiger partial charge >= 0.3 is 5.97 Å². The average Bonchev–Trinajstić information content (AvgIpc) is 2.85. The third-order valence-corrected chi connectivity index (χ3v) is 5.19. The highest BCUT2D eigenvalue weighted by atomic mass is 16.6. The first kappa shape index (κ1) is 19.2. The molecule has 136 valence electrons. The zero-order chi connectivity index (χ0) is 17.4. The van der Waals surface area contributed by atoms with E-state index in [1.54, 1.807) is 0 Å². The Kier molecular flexibility index (Phi) is 8.00. The van der Waals surface area contributed by atoms with Gasteiger partial charge < -0.3 is 14.9 Å². The summed E-state index contributed by atoms with van der Waals surface area (Å²) in [7, 11) is 0. The fourth-order valence-electron chi connectivity index (χ4n) is 3.73. The van der Waals surface area contributed by atoms with Gasteiger partial charge in [-0.05, 0) is 32.1 Å². The van der Waals surface area contributed by atoms with Gasteiger partial charge in [-0.3, -0.25) is 0 Å². The summed E-state index contributed by atoms with van der Waals surface area (Å²) < 4.78 is 5.51. The van der Waals surface area contributed by atoms with Gasteiger partial charge in [0, 0.05) is 18.3 Å². The Bertz CT molecular complexity index is 443. The normalized spacial score (nSPS) is 35.6. The molecule has 4 nitrogen and oxygen atoms in total. The largest absolute Gasteiger partial charge is 0.460 e. The van der Waals surface area contributed by atoms with Crippen molar-refractivity contribution in [2.45, 2.75) is 83.0 Å². The molecule has 1 unspecified atom stereocenters. The number of aliphatic hydroxyl groups excluding tert-OH is 2. The smallest absolute Gasteiger partial charge is 0.335 e. The minimum Gasteiger partial charge on any atom is -0.460 e. The van der Waals surface area contributed by atoms with Crippen LogP contribution in [-0.4, -0.2) is 34.5 Å². The second-order valence-corrected chi connectivity index (χ2v) is 7.10. The van der Waals surface area contributed by atoms with Crippen molar-refractivity contribution in [2.24, 2.45) is 11.8 Å². The SMILES string of the molecule is CCCCCC/C=C/[C@@H]1[C@H]2C/C=C\CCC(O)C(=O)O[C@@H]2C[C@H]1O. The summed E-state index contributed by atoms with van der Waals surface area (Å²) >= 11 is 0. The van der Waals surface area contributed by atoms with E-state index in [0.29, 0.717) is 19.3 Å². The minimum atomic E-state index is -1.06. The maximum absolute atomic E-state index is 12.0. The molecular weight excluding hydrogens is 304 g/mol. The lowest BCUT2D eigenvalue weighted by molar-refractivity contribution is -0.161. The molecule has 1 saturated carbocycles. The standard InChI is InChI=1S/C20H32O4/c1-2-3-4-5-6-8-11-15-16-12-9-7-10-13-17(21)20(23)24-19(16)14-18(15)22/h7-9,11,15-19,21-22H,2-6,10,12-14H2,1H3/b9-7-,11-8+/t15-,16-,17?,18-,19-/m1/s1. The lowest BCUT2D eigenvalue weighted by Gasteiger charge is -2.24. The Morgan fingerprint density at radius 1 is 1.25 bits per heavy atom. The molecule has 0 aromatic heterocycles. The van der Waals surface area contributed by atoms with Gasteiger partial charge in [0.1, 0.15) is 6.10 Å². The van der Waals surface area contributed by atoms with E-state index in [4.69, 9.17) is 4.74 Å². The second kappa shape index (κ2) is 10.00. The van der Waals surface area contributed by atoms with Crippen LogP contribution in [0.15, 0.2) is 24.3 Å². The van der Waals surface area contributed by atoms with E-state index in [-0.39, 0.29) is 17.9 Å².